The first kappa shape index (κ1) is 10.8. The van der Waals surface area contributed by atoms with Gasteiger partial charge in [0, 0.05) is 17.0 Å². The minimum Gasteiger partial charge on any atom is -0.362 e. The Kier molecular flexibility index (Phi) is 2.63. The van der Waals surface area contributed by atoms with E-state index in [4.69, 9.17) is 4.98 Å². The van der Waals surface area contributed by atoms with E-state index in [1.165, 1.54) is 21.7 Å². The Morgan fingerprint density at radius 1 is 1.41 bits per heavy atom. The molecule has 0 aliphatic heterocycles. The summed E-state index contributed by atoms with van der Waals surface area (Å²) in [5.41, 5.74) is 3.95. The number of rotatable bonds is 2. The third-order valence-electron chi connectivity index (χ3n) is 3.26. The first-order valence-electron chi connectivity index (χ1n) is 6.12. The maximum absolute atomic E-state index is 4.72. The SMILES string of the molecule is CCNc1nc2c(s1)CC(C)c1ccccc1-2. The molecule has 0 radical (unpaired) electrons. The summed E-state index contributed by atoms with van der Waals surface area (Å²) in [6, 6.07) is 8.65. The van der Waals surface area contributed by atoms with E-state index in [1.54, 1.807) is 11.3 Å². The largest absolute Gasteiger partial charge is 0.362 e. The summed E-state index contributed by atoms with van der Waals surface area (Å²) in [6.07, 6.45) is 1.12. The smallest absolute Gasteiger partial charge is 0.183 e. The van der Waals surface area contributed by atoms with Crippen molar-refractivity contribution in [3.8, 4) is 11.3 Å². The topological polar surface area (TPSA) is 24.9 Å². The van der Waals surface area contributed by atoms with E-state index >= 15 is 0 Å². The first-order chi connectivity index (χ1) is 8.29. The molecule has 0 amide bonds. The molecular weight excluding hydrogens is 228 g/mol. The number of anilines is 1. The van der Waals surface area contributed by atoms with Gasteiger partial charge in [-0.2, -0.15) is 0 Å². The maximum Gasteiger partial charge on any atom is 0.183 e. The molecule has 88 valence electrons. The number of benzene rings is 1. The Bertz CT molecular complexity index is 545. The van der Waals surface area contributed by atoms with Crippen LogP contribution < -0.4 is 5.32 Å². The Balaban J connectivity index is 2.12. The molecule has 1 atom stereocenters. The van der Waals surface area contributed by atoms with Crippen LogP contribution in [0.3, 0.4) is 0 Å². The summed E-state index contributed by atoms with van der Waals surface area (Å²) in [7, 11) is 0. The zero-order valence-electron chi connectivity index (χ0n) is 10.2. The Labute approximate surface area is 106 Å². The summed E-state index contributed by atoms with van der Waals surface area (Å²) < 4.78 is 0. The number of thiazole rings is 1. The van der Waals surface area contributed by atoms with Crippen molar-refractivity contribution < 1.29 is 0 Å². The Hall–Kier alpha value is -1.35. The molecule has 17 heavy (non-hydrogen) atoms. The van der Waals surface area contributed by atoms with Gasteiger partial charge in [-0.3, -0.25) is 0 Å². The maximum atomic E-state index is 4.72. The van der Waals surface area contributed by atoms with Crippen molar-refractivity contribution in [3.63, 3.8) is 0 Å². The molecule has 1 aromatic carbocycles. The van der Waals surface area contributed by atoms with Gasteiger partial charge in [0.2, 0.25) is 0 Å². The van der Waals surface area contributed by atoms with Gasteiger partial charge in [-0.05, 0) is 24.8 Å². The van der Waals surface area contributed by atoms with Gasteiger partial charge in [0.25, 0.3) is 0 Å². The molecule has 1 aliphatic carbocycles. The van der Waals surface area contributed by atoms with E-state index in [0.717, 1.165) is 18.1 Å². The summed E-state index contributed by atoms with van der Waals surface area (Å²) in [6.45, 7) is 5.34. The molecule has 2 aromatic rings. The molecular formula is C14H16N2S. The molecule has 0 saturated carbocycles. The Morgan fingerprint density at radius 3 is 3.06 bits per heavy atom. The van der Waals surface area contributed by atoms with Crippen molar-refractivity contribution in [2.45, 2.75) is 26.2 Å². The predicted molar refractivity (Wildman–Crippen MR) is 73.8 cm³/mol. The van der Waals surface area contributed by atoms with Crippen molar-refractivity contribution in [1.82, 2.24) is 4.98 Å². The van der Waals surface area contributed by atoms with E-state index in [0.29, 0.717) is 5.92 Å². The Morgan fingerprint density at radius 2 is 2.24 bits per heavy atom. The summed E-state index contributed by atoms with van der Waals surface area (Å²) in [5, 5.41) is 4.37. The zero-order valence-corrected chi connectivity index (χ0v) is 11.0. The van der Waals surface area contributed by atoms with Crippen LogP contribution in [0.15, 0.2) is 24.3 Å². The lowest BCUT2D eigenvalue weighted by Crippen LogP contribution is -2.06. The van der Waals surface area contributed by atoms with E-state index < -0.39 is 0 Å². The minimum atomic E-state index is 0.605. The van der Waals surface area contributed by atoms with Crippen LogP contribution in [0.25, 0.3) is 11.3 Å². The molecule has 2 nitrogen and oxygen atoms in total. The van der Waals surface area contributed by atoms with Gasteiger partial charge in [-0.1, -0.05) is 31.2 Å². The van der Waals surface area contributed by atoms with Crippen LogP contribution in [0.1, 0.15) is 30.2 Å². The average Bonchev–Trinajstić information content (AvgIpc) is 2.73. The second-order valence-corrected chi connectivity index (χ2v) is 5.60. The van der Waals surface area contributed by atoms with Gasteiger partial charge in [0.05, 0.1) is 5.69 Å². The number of nitrogens with zero attached hydrogens (tertiary/aromatic N) is 1. The fourth-order valence-electron chi connectivity index (χ4n) is 2.46. The predicted octanol–water partition coefficient (Wildman–Crippen LogP) is 3.90. The summed E-state index contributed by atoms with van der Waals surface area (Å²) in [5.74, 6) is 0.605. The minimum absolute atomic E-state index is 0.605. The van der Waals surface area contributed by atoms with Gasteiger partial charge in [-0.25, -0.2) is 4.98 Å². The quantitative estimate of drug-likeness (QED) is 0.866. The van der Waals surface area contributed by atoms with Gasteiger partial charge in [0.15, 0.2) is 5.13 Å². The molecule has 3 heteroatoms. The van der Waals surface area contributed by atoms with Crippen LogP contribution in [-0.2, 0) is 6.42 Å². The van der Waals surface area contributed by atoms with E-state index in [1.807, 2.05) is 0 Å². The highest BCUT2D eigenvalue weighted by Gasteiger charge is 2.24. The molecule has 0 saturated heterocycles. The fraction of sp³-hybridized carbons (Fsp3) is 0.357. The third kappa shape index (κ3) is 1.75. The van der Waals surface area contributed by atoms with Crippen molar-refractivity contribution >= 4 is 16.5 Å². The van der Waals surface area contributed by atoms with Crippen LogP contribution in [0.2, 0.25) is 0 Å². The van der Waals surface area contributed by atoms with E-state index in [9.17, 15) is 0 Å². The number of hydrogen-bond donors (Lipinski definition) is 1. The highest BCUT2D eigenvalue weighted by atomic mass is 32.1. The van der Waals surface area contributed by atoms with Crippen molar-refractivity contribution in [3.05, 3.63) is 34.7 Å². The number of fused-ring (bicyclic) bond motifs is 3. The van der Waals surface area contributed by atoms with Crippen LogP contribution in [0.5, 0.6) is 0 Å². The lowest BCUT2D eigenvalue weighted by Gasteiger charge is -2.20. The van der Waals surface area contributed by atoms with Gasteiger partial charge < -0.3 is 5.32 Å². The molecule has 0 bridgehead atoms. The van der Waals surface area contributed by atoms with E-state index in [-0.39, 0.29) is 0 Å². The molecule has 1 heterocycles. The molecule has 1 aromatic heterocycles. The highest BCUT2D eigenvalue weighted by molar-refractivity contribution is 7.16. The molecule has 0 fully saturated rings. The second kappa shape index (κ2) is 4.15. The lowest BCUT2D eigenvalue weighted by atomic mass is 9.86. The lowest BCUT2D eigenvalue weighted by molar-refractivity contribution is 0.757. The molecule has 0 spiro atoms. The van der Waals surface area contributed by atoms with Crippen LogP contribution in [0.4, 0.5) is 5.13 Å². The normalized spacial score (nSPS) is 17.4. The monoisotopic (exact) mass is 244 g/mol. The van der Waals surface area contributed by atoms with Crippen molar-refractivity contribution in [2.24, 2.45) is 0 Å². The van der Waals surface area contributed by atoms with Crippen molar-refractivity contribution in [2.75, 3.05) is 11.9 Å². The van der Waals surface area contributed by atoms with Crippen LogP contribution in [-0.4, -0.2) is 11.5 Å². The number of aromatic nitrogens is 1. The highest BCUT2D eigenvalue weighted by Crippen LogP contribution is 2.42. The van der Waals surface area contributed by atoms with Gasteiger partial charge in [-0.15, -0.1) is 11.3 Å². The average molecular weight is 244 g/mol. The van der Waals surface area contributed by atoms with Gasteiger partial charge in [0.1, 0.15) is 0 Å². The van der Waals surface area contributed by atoms with Crippen LogP contribution >= 0.6 is 11.3 Å². The number of hydrogen-bond acceptors (Lipinski definition) is 3. The molecule has 1 N–H and O–H groups in total. The second-order valence-electron chi connectivity index (χ2n) is 4.51. The standard InChI is InChI=1S/C14H16N2S/c1-3-15-14-16-13-11-7-5-4-6-10(11)9(2)8-12(13)17-14/h4-7,9H,3,8H2,1-2H3,(H,15,16). The molecule has 1 aliphatic rings. The summed E-state index contributed by atoms with van der Waals surface area (Å²) in [4.78, 5) is 6.15. The summed E-state index contributed by atoms with van der Waals surface area (Å²) >= 11 is 1.81. The first-order valence-corrected chi connectivity index (χ1v) is 6.94. The zero-order chi connectivity index (χ0) is 11.8. The molecule has 1 unspecified atom stereocenters. The molecule has 3 rings (SSSR count). The van der Waals surface area contributed by atoms with Gasteiger partial charge >= 0.3 is 0 Å². The third-order valence-corrected chi connectivity index (χ3v) is 4.30. The van der Waals surface area contributed by atoms with E-state index in [2.05, 4.69) is 43.4 Å². The van der Waals surface area contributed by atoms with Crippen molar-refractivity contribution in [1.29, 1.82) is 0 Å². The fourth-order valence-corrected chi connectivity index (χ4v) is 3.63. The number of nitrogens with one attached hydrogen (secondary N) is 1. The van der Waals surface area contributed by atoms with Crippen LogP contribution in [0, 0.1) is 0 Å².